The molecule has 112 valence electrons. The van der Waals surface area contributed by atoms with E-state index < -0.39 is 0 Å². The first-order valence-electron chi connectivity index (χ1n) is 7.40. The third kappa shape index (κ3) is 2.74. The molecule has 0 unspecified atom stereocenters. The maximum atomic E-state index is 5.65. The lowest BCUT2D eigenvalue weighted by atomic mass is 10.1. The lowest BCUT2D eigenvalue weighted by Gasteiger charge is -2.12. The zero-order valence-electron chi connectivity index (χ0n) is 12.8. The quantitative estimate of drug-likeness (QED) is 0.745. The normalized spacial score (nSPS) is 11.2. The molecule has 3 aromatic rings. The molecule has 0 amide bonds. The van der Waals surface area contributed by atoms with Gasteiger partial charge in [-0.05, 0) is 17.7 Å². The molecule has 0 bridgehead atoms. The van der Waals surface area contributed by atoms with Crippen LogP contribution in [0.1, 0.15) is 36.7 Å². The molecule has 0 aliphatic carbocycles. The average molecular weight is 309 g/mol. The van der Waals surface area contributed by atoms with Crippen LogP contribution >= 0.6 is 12.2 Å². The van der Waals surface area contributed by atoms with Crippen LogP contribution in [0.4, 0.5) is 0 Å². The number of nitrogens with two attached hydrogens (primary N) is 1. The van der Waals surface area contributed by atoms with Crippen molar-refractivity contribution in [1.82, 2.24) is 9.55 Å². The van der Waals surface area contributed by atoms with Gasteiger partial charge in [0, 0.05) is 18.0 Å². The molecule has 1 aromatic heterocycles. The van der Waals surface area contributed by atoms with Crippen molar-refractivity contribution in [2.45, 2.75) is 26.3 Å². The lowest BCUT2D eigenvalue weighted by Crippen LogP contribution is -2.10. The molecule has 0 atom stereocenters. The second kappa shape index (κ2) is 5.89. The van der Waals surface area contributed by atoms with Crippen molar-refractivity contribution in [2.24, 2.45) is 5.73 Å². The molecule has 0 saturated carbocycles. The topological polar surface area (TPSA) is 43.8 Å². The number of fused-ring (bicyclic) bond motifs is 1. The van der Waals surface area contributed by atoms with Crippen LogP contribution < -0.4 is 5.73 Å². The summed E-state index contributed by atoms with van der Waals surface area (Å²) in [5.41, 5.74) is 9.99. The van der Waals surface area contributed by atoms with Gasteiger partial charge in [-0.25, -0.2) is 4.98 Å². The minimum atomic E-state index is 0.378. The van der Waals surface area contributed by atoms with Crippen molar-refractivity contribution >= 4 is 28.2 Å². The predicted molar refractivity (Wildman–Crippen MR) is 95.3 cm³/mol. The Morgan fingerprint density at radius 3 is 2.45 bits per heavy atom. The largest absolute Gasteiger partial charge is 0.389 e. The molecule has 0 saturated heterocycles. The fraction of sp³-hybridized carbons (Fsp3) is 0.222. The van der Waals surface area contributed by atoms with Crippen molar-refractivity contribution in [3.63, 3.8) is 0 Å². The van der Waals surface area contributed by atoms with Crippen molar-refractivity contribution in [3.8, 4) is 0 Å². The van der Waals surface area contributed by atoms with E-state index in [2.05, 4.69) is 48.7 Å². The number of aromatic nitrogens is 2. The van der Waals surface area contributed by atoms with Gasteiger partial charge in [0.15, 0.2) is 0 Å². The van der Waals surface area contributed by atoms with E-state index in [4.69, 9.17) is 22.9 Å². The molecule has 0 aliphatic rings. The molecular formula is C18H19N3S. The molecule has 22 heavy (non-hydrogen) atoms. The fourth-order valence-electron chi connectivity index (χ4n) is 2.66. The minimum Gasteiger partial charge on any atom is -0.389 e. The van der Waals surface area contributed by atoms with Crippen LogP contribution in [-0.4, -0.2) is 14.5 Å². The van der Waals surface area contributed by atoms with Crippen LogP contribution in [0.25, 0.3) is 11.0 Å². The molecule has 4 heteroatoms. The summed E-state index contributed by atoms with van der Waals surface area (Å²) in [5.74, 6) is 1.49. The van der Waals surface area contributed by atoms with Crippen LogP contribution in [0.2, 0.25) is 0 Å². The van der Waals surface area contributed by atoms with Gasteiger partial charge in [-0.15, -0.1) is 0 Å². The Labute approximate surface area is 135 Å². The summed E-state index contributed by atoms with van der Waals surface area (Å²) in [5, 5.41) is 0. The molecule has 0 spiro atoms. The third-order valence-corrected chi connectivity index (χ3v) is 4.02. The number of imidazole rings is 1. The third-order valence-electron chi connectivity index (χ3n) is 3.78. The summed E-state index contributed by atoms with van der Waals surface area (Å²) in [6.45, 7) is 5.15. The smallest absolute Gasteiger partial charge is 0.112 e. The summed E-state index contributed by atoms with van der Waals surface area (Å²) in [7, 11) is 0. The first-order chi connectivity index (χ1) is 10.6. The van der Waals surface area contributed by atoms with Crippen molar-refractivity contribution in [3.05, 3.63) is 65.5 Å². The number of hydrogen-bond donors (Lipinski definition) is 1. The maximum Gasteiger partial charge on any atom is 0.112 e. The predicted octanol–water partition coefficient (Wildman–Crippen LogP) is 3.84. The summed E-state index contributed by atoms with van der Waals surface area (Å²) in [4.78, 5) is 5.21. The Kier molecular flexibility index (Phi) is 3.94. The number of hydrogen-bond acceptors (Lipinski definition) is 2. The molecular weight excluding hydrogens is 290 g/mol. The lowest BCUT2D eigenvalue weighted by molar-refractivity contribution is 0.683. The van der Waals surface area contributed by atoms with E-state index in [1.807, 2.05) is 18.2 Å². The Morgan fingerprint density at radius 2 is 1.82 bits per heavy atom. The Balaban J connectivity index is 2.02. The number of nitrogens with zero attached hydrogens (tertiary/aromatic N) is 2. The highest BCUT2D eigenvalue weighted by Crippen LogP contribution is 2.23. The Morgan fingerprint density at radius 1 is 1.14 bits per heavy atom. The SMILES string of the molecule is CC(C)c1nc2ccccc2n1Cc1ccc(C(N)=S)cc1. The van der Waals surface area contributed by atoms with Crippen molar-refractivity contribution in [2.75, 3.05) is 0 Å². The van der Waals surface area contributed by atoms with Crippen LogP contribution in [0.3, 0.4) is 0 Å². The molecule has 2 aromatic carbocycles. The number of rotatable bonds is 4. The second-order valence-electron chi connectivity index (χ2n) is 5.76. The van der Waals surface area contributed by atoms with Crippen molar-refractivity contribution in [1.29, 1.82) is 0 Å². The van der Waals surface area contributed by atoms with Gasteiger partial charge in [-0.2, -0.15) is 0 Å². The van der Waals surface area contributed by atoms with Crippen molar-refractivity contribution < 1.29 is 0 Å². The average Bonchev–Trinajstić information content (AvgIpc) is 2.87. The number of para-hydroxylation sites is 2. The van der Waals surface area contributed by atoms with Gasteiger partial charge in [0.1, 0.15) is 10.8 Å². The molecule has 0 fully saturated rings. The molecule has 1 heterocycles. The van der Waals surface area contributed by atoms with E-state index in [1.54, 1.807) is 0 Å². The van der Waals surface area contributed by atoms with Gasteiger partial charge in [0.2, 0.25) is 0 Å². The summed E-state index contributed by atoms with van der Waals surface area (Å²) >= 11 is 5.00. The van der Waals surface area contributed by atoms with E-state index in [1.165, 1.54) is 11.1 Å². The second-order valence-corrected chi connectivity index (χ2v) is 6.20. The van der Waals surface area contributed by atoms with E-state index in [-0.39, 0.29) is 0 Å². The summed E-state index contributed by atoms with van der Waals surface area (Å²) < 4.78 is 2.29. The first-order valence-corrected chi connectivity index (χ1v) is 7.81. The maximum absolute atomic E-state index is 5.65. The van der Waals surface area contributed by atoms with Gasteiger partial charge in [-0.1, -0.05) is 62.5 Å². The van der Waals surface area contributed by atoms with Gasteiger partial charge in [0.05, 0.1) is 11.0 Å². The summed E-state index contributed by atoms with van der Waals surface area (Å²) in [6, 6.07) is 16.4. The van der Waals surface area contributed by atoms with Crippen LogP contribution in [0.5, 0.6) is 0 Å². The van der Waals surface area contributed by atoms with E-state index >= 15 is 0 Å². The first kappa shape index (κ1) is 14.7. The minimum absolute atomic E-state index is 0.378. The fourth-order valence-corrected chi connectivity index (χ4v) is 2.79. The monoisotopic (exact) mass is 309 g/mol. The number of benzene rings is 2. The van der Waals surface area contributed by atoms with Gasteiger partial charge in [0.25, 0.3) is 0 Å². The highest BCUT2D eigenvalue weighted by Gasteiger charge is 2.13. The Bertz CT molecular complexity index is 816. The van der Waals surface area contributed by atoms with Gasteiger partial charge >= 0.3 is 0 Å². The number of thiocarbonyl (C=S) groups is 1. The van der Waals surface area contributed by atoms with Crippen LogP contribution in [0, 0.1) is 0 Å². The standard InChI is InChI=1S/C18H19N3S/c1-12(2)18-20-15-5-3-4-6-16(15)21(18)11-13-7-9-14(10-8-13)17(19)22/h3-10,12H,11H2,1-2H3,(H2,19,22). The summed E-state index contributed by atoms with van der Waals surface area (Å²) in [6.07, 6.45) is 0. The molecule has 3 rings (SSSR count). The van der Waals surface area contributed by atoms with E-state index in [0.29, 0.717) is 10.9 Å². The van der Waals surface area contributed by atoms with Crippen LogP contribution in [-0.2, 0) is 6.54 Å². The van der Waals surface area contributed by atoms with Gasteiger partial charge < -0.3 is 10.3 Å². The molecule has 2 N–H and O–H groups in total. The zero-order valence-corrected chi connectivity index (χ0v) is 13.6. The van der Waals surface area contributed by atoms with E-state index in [9.17, 15) is 0 Å². The zero-order chi connectivity index (χ0) is 15.7. The van der Waals surface area contributed by atoms with Crippen LogP contribution in [0.15, 0.2) is 48.5 Å². The molecule has 3 nitrogen and oxygen atoms in total. The molecule has 0 aliphatic heterocycles. The van der Waals surface area contributed by atoms with E-state index in [0.717, 1.165) is 23.4 Å². The highest BCUT2D eigenvalue weighted by molar-refractivity contribution is 7.80. The Hall–Kier alpha value is -2.20. The highest BCUT2D eigenvalue weighted by atomic mass is 32.1. The van der Waals surface area contributed by atoms with Gasteiger partial charge in [-0.3, -0.25) is 0 Å². The molecule has 0 radical (unpaired) electrons.